The molecule has 6 heteroatoms. The van der Waals surface area contributed by atoms with Crippen molar-refractivity contribution in [2.75, 3.05) is 19.6 Å². The summed E-state index contributed by atoms with van der Waals surface area (Å²) in [5.74, 6) is 0.203. The number of fused-ring (bicyclic) bond motifs is 1. The van der Waals surface area contributed by atoms with E-state index < -0.39 is 0 Å². The Morgan fingerprint density at radius 1 is 1.04 bits per heavy atom. The molecule has 140 valence electrons. The van der Waals surface area contributed by atoms with E-state index >= 15 is 0 Å². The summed E-state index contributed by atoms with van der Waals surface area (Å²) in [4.78, 5) is 37.5. The smallest absolute Gasteiger partial charge is 0.257 e. The average Bonchev–Trinajstić information content (AvgIpc) is 2.73. The van der Waals surface area contributed by atoms with Crippen molar-refractivity contribution in [3.05, 3.63) is 59.2 Å². The molecule has 3 heterocycles. The minimum atomic E-state index is -0.0362. The highest BCUT2D eigenvalue weighted by molar-refractivity contribution is 5.95. The zero-order valence-corrected chi connectivity index (χ0v) is 15.6. The number of aryl methyl sites for hydroxylation is 1. The Kier molecular flexibility index (Phi) is 4.88. The highest BCUT2D eigenvalue weighted by Crippen LogP contribution is 2.25. The Bertz CT molecular complexity index is 859. The Morgan fingerprint density at radius 3 is 2.52 bits per heavy atom. The third kappa shape index (κ3) is 3.56. The van der Waals surface area contributed by atoms with E-state index in [1.807, 2.05) is 22.8 Å². The molecule has 27 heavy (non-hydrogen) atoms. The Balaban J connectivity index is 1.36. The zero-order valence-electron chi connectivity index (χ0n) is 15.6. The van der Waals surface area contributed by atoms with E-state index in [4.69, 9.17) is 0 Å². The third-order valence-electron chi connectivity index (χ3n) is 5.72. The van der Waals surface area contributed by atoms with Crippen molar-refractivity contribution in [2.24, 2.45) is 5.92 Å². The molecule has 0 N–H and O–H groups in total. The molecule has 0 radical (unpaired) electrons. The first-order valence-corrected chi connectivity index (χ1v) is 9.55. The lowest BCUT2D eigenvalue weighted by molar-refractivity contribution is -0.137. The van der Waals surface area contributed by atoms with Gasteiger partial charge in [-0.2, -0.15) is 0 Å². The van der Waals surface area contributed by atoms with Crippen LogP contribution in [0.2, 0.25) is 0 Å². The van der Waals surface area contributed by atoms with Gasteiger partial charge in [0, 0.05) is 38.3 Å². The predicted octanol–water partition coefficient (Wildman–Crippen LogP) is 2.22. The number of likely N-dealkylation sites (tertiary alicyclic amines) is 1. The van der Waals surface area contributed by atoms with Gasteiger partial charge in [-0.05, 0) is 37.3 Å². The molecule has 1 aromatic heterocycles. The van der Waals surface area contributed by atoms with Gasteiger partial charge in [0.05, 0.1) is 11.3 Å². The van der Waals surface area contributed by atoms with E-state index in [0.29, 0.717) is 30.9 Å². The number of rotatable bonds is 2. The molecule has 2 aliphatic rings. The highest BCUT2D eigenvalue weighted by atomic mass is 16.2. The summed E-state index contributed by atoms with van der Waals surface area (Å²) in [6.45, 7) is 4.52. The van der Waals surface area contributed by atoms with Gasteiger partial charge in [0.1, 0.15) is 6.33 Å². The van der Waals surface area contributed by atoms with Gasteiger partial charge in [-0.3, -0.25) is 9.59 Å². The van der Waals surface area contributed by atoms with Crippen LogP contribution in [-0.4, -0.2) is 51.2 Å². The number of piperidine rings is 1. The summed E-state index contributed by atoms with van der Waals surface area (Å²) in [6, 6.07) is 8.35. The molecule has 0 spiro atoms. The second-order valence-electron chi connectivity index (χ2n) is 7.37. The molecular weight excluding hydrogens is 340 g/mol. The monoisotopic (exact) mass is 364 g/mol. The molecule has 1 saturated heterocycles. The molecule has 6 nitrogen and oxygen atoms in total. The lowest BCUT2D eigenvalue weighted by Crippen LogP contribution is -2.45. The fraction of sp³-hybridized carbons (Fsp3) is 0.429. The van der Waals surface area contributed by atoms with Crippen molar-refractivity contribution in [3.63, 3.8) is 0 Å². The summed E-state index contributed by atoms with van der Waals surface area (Å²) in [7, 11) is 0. The van der Waals surface area contributed by atoms with Gasteiger partial charge in [0.25, 0.3) is 5.91 Å². The Labute approximate surface area is 159 Å². The van der Waals surface area contributed by atoms with Crippen LogP contribution in [0.1, 0.15) is 40.0 Å². The van der Waals surface area contributed by atoms with Gasteiger partial charge in [-0.1, -0.05) is 24.3 Å². The first-order chi connectivity index (χ1) is 13.1. The van der Waals surface area contributed by atoms with E-state index in [-0.39, 0.29) is 17.7 Å². The minimum absolute atomic E-state index is 0.00688. The van der Waals surface area contributed by atoms with Crippen molar-refractivity contribution in [1.82, 2.24) is 19.8 Å². The standard InChI is InChI=1S/C21H24N4O2/c1-15-19(12-22-14-23-15)21(27)24-9-7-17(8-10-24)20(26)25-11-6-16-4-2-3-5-18(16)13-25/h2-5,12,14,17H,6-11,13H2,1H3. The van der Waals surface area contributed by atoms with Crippen LogP contribution in [0.5, 0.6) is 0 Å². The summed E-state index contributed by atoms with van der Waals surface area (Å²) in [5.41, 5.74) is 3.85. The number of hydrogen-bond donors (Lipinski definition) is 0. The van der Waals surface area contributed by atoms with Crippen LogP contribution >= 0.6 is 0 Å². The second kappa shape index (κ2) is 7.47. The first-order valence-electron chi connectivity index (χ1n) is 9.55. The summed E-state index contributed by atoms with van der Waals surface area (Å²) in [6.07, 6.45) is 5.39. The van der Waals surface area contributed by atoms with Gasteiger partial charge in [0.15, 0.2) is 0 Å². The van der Waals surface area contributed by atoms with E-state index in [0.717, 1.165) is 25.8 Å². The Hall–Kier alpha value is -2.76. The first kappa shape index (κ1) is 17.6. The number of aromatic nitrogens is 2. The predicted molar refractivity (Wildman–Crippen MR) is 101 cm³/mol. The number of amides is 2. The second-order valence-corrected chi connectivity index (χ2v) is 7.37. The van der Waals surface area contributed by atoms with Gasteiger partial charge in [-0.15, -0.1) is 0 Å². The minimum Gasteiger partial charge on any atom is -0.338 e. The van der Waals surface area contributed by atoms with Crippen LogP contribution in [0.3, 0.4) is 0 Å². The topological polar surface area (TPSA) is 66.4 Å². The van der Waals surface area contributed by atoms with Crippen LogP contribution < -0.4 is 0 Å². The van der Waals surface area contributed by atoms with E-state index in [1.165, 1.54) is 17.5 Å². The van der Waals surface area contributed by atoms with Gasteiger partial charge >= 0.3 is 0 Å². The van der Waals surface area contributed by atoms with Crippen LogP contribution in [0.25, 0.3) is 0 Å². The Morgan fingerprint density at radius 2 is 1.78 bits per heavy atom. The third-order valence-corrected chi connectivity index (χ3v) is 5.72. The van der Waals surface area contributed by atoms with Crippen molar-refractivity contribution >= 4 is 11.8 Å². The molecule has 1 fully saturated rings. The van der Waals surface area contributed by atoms with Crippen LogP contribution in [0, 0.1) is 12.8 Å². The fourth-order valence-electron chi connectivity index (χ4n) is 4.04. The van der Waals surface area contributed by atoms with Crippen molar-refractivity contribution < 1.29 is 9.59 Å². The molecule has 0 aliphatic carbocycles. The van der Waals surface area contributed by atoms with Crippen molar-refractivity contribution in [3.8, 4) is 0 Å². The zero-order chi connectivity index (χ0) is 18.8. The normalized spacial score (nSPS) is 17.5. The molecule has 0 atom stereocenters. The molecule has 0 unspecified atom stereocenters. The van der Waals surface area contributed by atoms with Crippen LogP contribution in [0.15, 0.2) is 36.8 Å². The number of hydrogen-bond acceptors (Lipinski definition) is 4. The van der Waals surface area contributed by atoms with E-state index in [1.54, 1.807) is 6.20 Å². The molecule has 0 saturated carbocycles. The lowest BCUT2D eigenvalue weighted by Gasteiger charge is -2.36. The van der Waals surface area contributed by atoms with Crippen LogP contribution in [0.4, 0.5) is 0 Å². The van der Waals surface area contributed by atoms with Crippen molar-refractivity contribution in [1.29, 1.82) is 0 Å². The molecule has 2 aliphatic heterocycles. The van der Waals surface area contributed by atoms with E-state index in [9.17, 15) is 9.59 Å². The van der Waals surface area contributed by atoms with Crippen LogP contribution in [-0.2, 0) is 17.8 Å². The number of nitrogens with zero attached hydrogens (tertiary/aromatic N) is 4. The maximum absolute atomic E-state index is 13.0. The molecule has 4 rings (SSSR count). The number of carbonyl (C=O) groups is 2. The maximum atomic E-state index is 13.0. The molecule has 0 bridgehead atoms. The largest absolute Gasteiger partial charge is 0.338 e. The summed E-state index contributed by atoms with van der Waals surface area (Å²) >= 11 is 0. The molecule has 2 aromatic rings. The highest BCUT2D eigenvalue weighted by Gasteiger charge is 2.32. The SMILES string of the molecule is Cc1ncncc1C(=O)N1CCC(C(=O)N2CCc3ccccc3C2)CC1. The quantitative estimate of drug-likeness (QED) is 0.820. The van der Waals surface area contributed by atoms with Gasteiger partial charge in [-0.25, -0.2) is 9.97 Å². The fourth-order valence-corrected chi connectivity index (χ4v) is 4.04. The van der Waals surface area contributed by atoms with Gasteiger partial charge in [0.2, 0.25) is 5.91 Å². The summed E-state index contributed by atoms with van der Waals surface area (Å²) in [5, 5.41) is 0. The van der Waals surface area contributed by atoms with Crippen molar-refractivity contribution in [2.45, 2.75) is 32.7 Å². The average molecular weight is 364 g/mol. The molecule has 2 amide bonds. The lowest BCUT2D eigenvalue weighted by atomic mass is 9.92. The summed E-state index contributed by atoms with van der Waals surface area (Å²) < 4.78 is 0. The molecular formula is C21H24N4O2. The van der Waals surface area contributed by atoms with E-state index in [2.05, 4.69) is 28.2 Å². The number of carbonyl (C=O) groups excluding carboxylic acids is 2. The van der Waals surface area contributed by atoms with Gasteiger partial charge < -0.3 is 9.80 Å². The molecule has 1 aromatic carbocycles. The maximum Gasteiger partial charge on any atom is 0.257 e. The number of benzene rings is 1.